The van der Waals surface area contributed by atoms with Gasteiger partial charge in [-0.15, -0.1) is 0 Å². The molecule has 0 unspecified atom stereocenters. The second kappa shape index (κ2) is 6.89. The lowest BCUT2D eigenvalue weighted by molar-refractivity contribution is -0.137. The standard InChI is InChI=1S/C20H15ClN2O4/c21-13-9-7-12(8-10-13)19-17-18(14-4-1-2-5-15(14)27-19)22-23(20(17)26)11-3-6-16(24)25/h1-2,4-5,7-10H,3,6,11H2,(H,24,25). The first kappa shape index (κ1) is 17.3. The lowest BCUT2D eigenvalue weighted by atomic mass is 10.0. The van der Waals surface area contributed by atoms with Crippen LogP contribution in [0.15, 0.2) is 57.7 Å². The van der Waals surface area contributed by atoms with Crippen molar-refractivity contribution >= 4 is 28.5 Å². The molecule has 2 aliphatic heterocycles. The quantitative estimate of drug-likeness (QED) is 0.556. The predicted octanol–water partition coefficient (Wildman–Crippen LogP) is 4.28. The fraction of sp³-hybridized carbons (Fsp3) is 0.150. The number of benzene rings is 2. The van der Waals surface area contributed by atoms with Gasteiger partial charge in [0.1, 0.15) is 22.6 Å². The fourth-order valence-corrected chi connectivity index (χ4v) is 3.21. The Kier molecular flexibility index (Phi) is 4.41. The van der Waals surface area contributed by atoms with Crippen LogP contribution in [0.2, 0.25) is 5.02 Å². The number of carbonyl (C=O) groups is 1. The van der Waals surface area contributed by atoms with Gasteiger partial charge in [-0.1, -0.05) is 23.7 Å². The monoisotopic (exact) mass is 382 g/mol. The van der Waals surface area contributed by atoms with Crippen molar-refractivity contribution < 1.29 is 14.3 Å². The van der Waals surface area contributed by atoms with Crippen molar-refractivity contribution in [2.45, 2.75) is 19.4 Å². The zero-order valence-electron chi connectivity index (χ0n) is 14.2. The third kappa shape index (κ3) is 3.19. The van der Waals surface area contributed by atoms with Gasteiger partial charge in [-0.2, -0.15) is 5.10 Å². The number of halogens is 1. The molecule has 0 spiro atoms. The number of aliphatic carboxylic acids is 1. The summed E-state index contributed by atoms with van der Waals surface area (Å²) in [5.74, 6) is -0.476. The lowest BCUT2D eigenvalue weighted by Gasteiger charge is -2.08. The van der Waals surface area contributed by atoms with Crippen molar-refractivity contribution in [3.63, 3.8) is 0 Å². The van der Waals surface area contributed by atoms with Gasteiger partial charge in [0.05, 0.1) is 0 Å². The third-order valence-electron chi connectivity index (χ3n) is 4.35. The topological polar surface area (TPSA) is 85.3 Å². The molecule has 136 valence electrons. The van der Waals surface area contributed by atoms with E-state index in [2.05, 4.69) is 5.10 Å². The van der Waals surface area contributed by atoms with Crippen LogP contribution in [0.25, 0.3) is 33.6 Å². The van der Waals surface area contributed by atoms with E-state index in [0.717, 1.165) is 10.9 Å². The number of hydrogen-bond donors (Lipinski definition) is 1. The van der Waals surface area contributed by atoms with E-state index >= 15 is 0 Å². The predicted molar refractivity (Wildman–Crippen MR) is 102 cm³/mol. The molecular weight excluding hydrogens is 368 g/mol. The number of rotatable bonds is 5. The summed E-state index contributed by atoms with van der Waals surface area (Å²) in [6, 6.07) is 14.4. The van der Waals surface area contributed by atoms with Gasteiger partial charge < -0.3 is 9.52 Å². The van der Waals surface area contributed by atoms with Gasteiger partial charge in [0, 0.05) is 28.9 Å². The number of carboxylic acid groups (broad SMARTS) is 1. The zero-order valence-corrected chi connectivity index (χ0v) is 14.9. The summed E-state index contributed by atoms with van der Waals surface area (Å²) in [6.45, 7) is 0.230. The maximum absolute atomic E-state index is 13.0. The minimum Gasteiger partial charge on any atom is -0.481 e. The molecule has 0 amide bonds. The Hall–Kier alpha value is -3.12. The van der Waals surface area contributed by atoms with Crippen LogP contribution in [-0.2, 0) is 11.3 Å². The molecule has 27 heavy (non-hydrogen) atoms. The number of aromatic nitrogens is 2. The van der Waals surface area contributed by atoms with Crippen LogP contribution in [0.5, 0.6) is 0 Å². The van der Waals surface area contributed by atoms with Crippen molar-refractivity contribution in [3.05, 3.63) is 63.9 Å². The fourth-order valence-electron chi connectivity index (χ4n) is 3.09. The zero-order chi connectivity index (χ0) is 19.0. The van der Waals surface area contributed by atoms with Crippen molar-refractivity contribution in [2.75, 3.05) is 0 Å². The number of nitrogens with zero attached hydrogens (tertiary/aromatic N) is 2. The average molecular weight is 383 g/mol. The molecule has 0 aliphatic carbocycles. The van der Waals surface area contributed by atoms with Crippen LogP contribution >= 0.6 is 11.6 Å². The Morgan fingerprint density at radius 3 is 2.63 bits per heavy atom. The molecule has 0 atom stereocenters. The van der Waals surface area contributed by atoms with Crippen molar-refractivity contribution in [1.82, 2.24) is 9.78 Å². The Bertz CT molecular complexity index is 1160. The van der Waals surface area contributed by atoms with Gasteiger partial charge in [0.2, 0.25) is 0 Å². The highest BCUT2D eigenvalue weighted by atomic mass is 35.5. The highest BCUT2D eigenvalue weighted by Gasteiger charge is 2.25. The molecule has 2 aromatic rings. The number of fused-ring (bicyclic) bond motifs is 3. The third-order valence-corrected chi connectivity index (χ3v) is 4.61. The summed E-state index contributed by atoms with van der Waals surface area (Å²) in [5.41, 5.74) is 1.96. The minimum absolute atomic E-state index is 0.0230. The maximum atomic E-state index is 13.0. The van der Waals surface area contributed by atoms with E-state index in [4.69, 9.17) is 21.1 Å². The molecule has 2 heterocycles. The van der Waals surface area contributed by atoms with Gasteiger partial charge >= 0.3 is 5.97 Å². The summed E-state index contributed by atoms with van der Waals surface area (Å²) in [6.07, 6.45) is 0.300. The number of hydrogen-bond acceptors (Lipinski definition) is 4. The first-order valence-electron chi connectivity index (χ1n) is 8.44. The second-order valence-electron chi connectivity index (χ2n) is 6.18. The van der Waals surface area contributed by atoms with Crippen LogP contribution in [0.4, 0.5) is 0 Å². The Balaban J connectivity index is 1.93. The minimum atomic E-state index is -0.901. The molecule has 6 nitrogen and oxygen atoms in total. The van der Waals surface area contributed by atoms with Crippen molar-refractivity contribution in [3.8, 4) is 22.6 Å². The number of aryl methyl sites for hydroxylation is 1. The Labute approximate surface area is 158 Å². The molecule has 0 fully saturated rings. The average Bonchev–Trinajstić information content (AvgIpc) is 2.99. The first-order chi connectivity index (χ1) is 13.0. The Morgan fingerprint density at radius 1 is 1.15 bits per heavy atom. The van der Waals surface area contributed by atoms with Gasteiger partial charge in [0.15, 0.2) is 0 Å². The van der Waals surface area contributed by atoms with E-state index in [1.807, 2.05) is 24.3 Å². The number of para-hydroxylation sites is 1. The smallest absolute Gasteiger partial charge is 0.303 e. The molecule has 0 aromatic heterocycles. The molecule has 4 rings (SSSR count). The molecule has 7 heteroatoms. The highest BCUT2D eigenvalue weighted by Crippen LogP contribution is 2.37. The van der Waals surface area contributed by atoms with Gasteiger partial charge in [0.25, 0.3) is 5.56 Å². The van der Waals surface area contributed by atoms with Crippen molar-refractivity contribution in [2.24, 2.45) is 0 Å². The SMILES string of the molecule is O=C(O)CCCn1nc2c3ccccc3oc(-c3ccc(Cl)cc3)c-2c1=O. The highest BCUT2D eigenvalue weighted by molar-refractivity contribution is 6.30. The molecular formula is C20H15ClN2O4. The van der Waals surface area contributed by atoms with Gasteiger partial charge in [-0.3, -0.25) is 9.59 Å². The van der Waals surface area contributed by atoms with E-state index in [-0.39, 0.29) is 18.5 Å². The summed E-state index contributed by atoms with van der Waals surface area (Å²) >= 11 is 5.97. The van der Waals surface area contributed by atoms with Gasteiger partial charge in [-0.25, -0.2) is 4.68 Å². The summed E-state index contributed by atoms with van der Waals surface area (Å²) in [7, 11) is 0. The molecule has 0 radical (unpaired) electrons. The molecule has 0 bridgehead atoms. The summed E-state index contributed by atoms with van der Waals surface area (Å²) < 4.78 is 7.36. The molecule has 2 aromatic carbocycles. The van der Waals surface area contributed by atoms with E-state index in [1.165, 1.54) is 4.68 Å². The first-order valence-corrected chi connectivity index (χ1v) is 8.82. The number of carboxylic acids is 1. The van der Waals surface area contributed by atoms with Crippen molar-refractivity contribution in [1.29, 1.82) is 0 Å². The molecule has 1 N–H and O–H groups in total. The maximum Gasteiger partial charge on any atom is 0.303 e. The molecule has 0 saturated carbocycles. The van der Waals surface area contributed by atoms with Crippen LogP contribution in [0.1, 0.15) is 12.8 Å². The van der Waals surface area contributed by atoms with Gasteiger partial charge in [-0.05, 0) is 42.8 Å². The second-order valence-corrected chi connectivity index (χ2v) is 6.62. The Morgan fingerprint density at radius 2 is 1.89 bits per heavy atom. The van der Waals surface area contributed by atoms with E-state index in [9.17, 15) is 9.59 Å². The normalized spacial score (nSPS) is 11.3. The molecule has 0 saturated heterocycles. The van der Waals surface area contributed by atoms with Crippen LogP contribution in [-0.4, -0.2) is 20.9 Å². The van der Waals surface area contributed by atoms with E-state index in [1.54, 1.807) is 24.3 Å². The summed E-state index contributed by atoms with van der Waals surface area (Å²) in [5, 5.41) is 14.6. The lowest BCUT2D eigenvalue weighted by Crippen LogP contribution is -2.17. The van der Waals surface area contributed by atoms with Crippen LogP contribution < -0.4 is 5.56 Å². The van der Waals surface area contributed by atoms with E-state index < -0.39 is 5.97 Å². The van der Waals surface area contributed by atoms with Crippen LogP contribution in [0, 0.1) is 0 Å². The largest absolute Gasteiger partial charge is 0.481 e. The summed E-state index contributed by atoms with van der Waals surface area (Å²) in [4.78, 5) is 23.7. The van der Waals surface area contributed by atoms with Crippen LogP contribution in [0.3, 0.4) is 0 Å². The molecule has 2 aliphatic rings. The van der Waals surface area contributed by atoms with E-state index in [0.29, 0.717) is 34.0 Å².